The molecule has 3 aromatic rings. The topological polar surface area (TPSA) is 90.6 Å². The van der Waals surface area contributed by atoms with Crippen LogP contribution in [0.3, 0.4) is 0 Å². The molecule has 0 aliphatic carbocycles. The standard InChI is InChI=1S/C23H16N2O4S/c1-29-17-6-3-2-5-16(17)21(26)19-20(18-7-4-12-30-18)25(23(28)22(19)27)15-10-8-14(13-24)9-11-15/h2-12,20,26H,1H3/b21-19-. The van der Waals surface area contributed by atoms with Gasteiger partial charge in [0.1, 0.15) is 17.6 Å². The van der Waals surface area contributed by atoms with Crippen molar-refractivity contribution in [1.29, 1.82) is 5.26 Å². The number of carbonyl (C=O) groups is 2. The number of aliphatic hydroxyl groups is 1. The van der Waals surface area contributed by atoms with Crippen LogP contribution in [-0.4, -0.2) is 23.9 Å². The van der Waals surface area contributed by atoms with Crippen molar-refractivity contribution < 1.29 is 19.4 Å². The number of para-hydroxylation sites is 1. The molecule has 2 heterocycles. The fourth-order valence-electron chi connectivity index (χ4n) is 3.50. The third kappa shape index (κ3) is 3.13. The number of ketones is 1. The van der Waals surface area contributed by atoms with E-state index in [2.05, 4.69) is 0 Å². The first-order valence-corrected chi connectivity index (χ1v) is 9.92. The van der Waals surface area contributed by atoms with Crippen molar-refractivity contribution >= 4 is 34.5 Å². The van der Waals surface area contributed by atoms with Crippen molar-refractivity contribution in [3.63, 3.8) is 0 Å². The molecule has 0 saturated carbocycles. The molecule has 30 heavy (non-hydrogen) atoms. The number of nitrogens with zero attached hydrogens (tertiary/aromatic N) is 2. The number of benzene rings is 2. The van der Waals surface area contributed by atoms with Gasteiger partial charge >= 0.3 is 0 Å². The summed E-state index contributed by atoms with van der Waals surface area (Å²) in [5.41, 5.74) is 1.24. The van der Waals surface area contributed by atoms with Gasteiger partial charge in [-0.05, 0) is 47.8 Å². The quantitative estimate of drug-likeness (QED) is 0.390. The first-order valence-electron chi connectivity index (χ1n) is 9.04. The van der Waals surface area contributed by atoms with Crippen molar-refractivity contribution in [2.24, 2.45) is 0 Å². The Bertz CT molecular complexity index is 1190. The summed E-state index contributed by atoms with van der Waals surface area (Å²) in [5, 5.41) is 22.0. The molecule has 7 heteroatoms. The number of methoxy groups -OCH3 is 1. The van der Waals surface area contributed by atoms with Crippen LogP contribution in [0.5, 0.6) is 5.75 Å². The number of hydrogen-bond acceptors (Lipinski definition) is 6. The highest BCUT2D eigenvalue weighted by atomic mass is 32.1. The SMILES string of the molecule is COc1ccccc1/C(O)=C1/C(=O)C(=O)N(c2ccc(C#N)cc2)C1c1cccs1. The van der Waals surface area contributed by atoms with Crippen LogP contribution >= 0.6 is 11.3 Å². The van der Waals surface area contributed by atoms with E-state index in [4.69, 9.17) is 10.00 Å². The number of carbonyl (C=O) groups excluding carboxylic acids is 2. The molecule has 0 radical (unpaired) electrons. The Morgan fingerprint density at radius 2 is 1.83 bits per heavy atom. The molecule has 4 rings (SSSR count). The zero-order valence-corrected chi connectivity index (χ0v) is 16.7. The monoisotopic (exact) mass is 416 g/mol. The molecule has 148 valence electrons. The molecule has 1 saturated heterocycles. The number of hydrogen-bond donors (Lipinski definition) is 1. The summed E-state index contributed by atoms with van der Waals surface area (Å²) >= 11 is 1.38. The fraction of sp³-hybridized carbons (Fsp3) is 0.0870. The lowest BCUT2D eigenvalue weighted by Crippen LogP contribution is -2.29. The normalized spacial score (nSPS) is 17.7. The van der Waals surface area contributed by atoms with E-state index < -0.39 is 17.7 Å². The predicted octanol–water partition coefficient (Wildman–Crippen LogP) is 4.25. The number of anilines is 1. The van der Waals surface area contributed by atoms with Gasteiger partial charge < -0.3 is 9.84 Å². The highest BCUT2D eigenvalue weighted by Gasteiger charge is 2.47. The minimum atomic E-state index is -0.789. The maximum atomic E-state index is 13.0. The van der Waals surface area contributed by atoms with E-state index in [1.165, 1.54) is 23.3 Å². The van der Waals surface area contributed by atoms with Crippen LogP contribution in [0.4, 0.5) is 5.69 Å². The molecule has 1 aliphatic heterocycles. The molecule has 1 N–H and O–H groups in total. The number of thiophene rings is 1. The van der Waals surface area contributed by atoms with Crippen molar-refractivity contribution in [3.05, 3.63) is 87.6 Å². The van der Waals surface area contributed by atoms with Gasteiger partial charge in [0, 0.05) is 10.6 Å². The zero-order valence-electron chi connectivity index (χ0n) is 15.9. The van der Waals surface area contributed by atoms with E-state index in [0.717, 1.165) is 4.88 Å². The third-order valence-electron chi connectivity index (χ3n) is 4.89. The zero-order chi connectivity index (χ0) is 21.3. The first-order chi connectivity index (χ1) is 14.6. The smallest absolute Gasteiger partial charge is 0.300 e. The number of Topliss-reactive ketones (excluding diaryl/α,β-unsaturated/α-hetero) is 1. The predicted molar refractivity (Wildman–Crippen MR) is 113 cm³/mol. The average molecular weight is 416 g/mol. The van der Waals surface area contributed by atoms with Crippen LogP contribution in [0.15, 0.2) is 71.6 Å². The molecule has 6 nitrogen and oxygen atoms in total. The molecular formula is C23H16N2O4S. The minimum absolute atomic E-state index is 0.00342. The van der Waals surface area contributed by atoms with Crippen LogP contribution < -0.4 is 9.64 Å². The van der Waals surface area contributed by atoms with Gasteiger partial charge in [-0.25, -0.2) is 0 Å². The van der Waals surface area contributed by atoms with Gasteiger partial charge in [-0.1, -0.05) is 18.2 Å². The Morgan fingerprint density at radius 3 is 2.47 bits per heavy atom. The molecule has 0 bridgehead atoms. The highest BCUT2D eigenvalue weighted by Crippen LogP contribution is 2.44. The summed E-state index contributed by atoms with van der Waals surface area (Å²) in [6.45, 7) is 0. The third-order valence-corrected chi connectivity index (χ3v) is 5.82. The van der Waals surface area contributed by atoms with Crippen LogP contribution in [0.25, 0.3) is 5.76 Å². The van der Waals surface area contributed by atoms with E-state index in [1.54, 1.807) is 48.5 Å². The Kier molecular flexibility index (Phi) is 5.09. The van der Waals surface area contributed by atoms with Gasteiger partial charge in [-0.15, -0.1) is 11.3 Å². The second kappa shape index (κ2) is 7.85. The summed E-state index contributed by atoms with van der Waals surface area (Å²) in [7, 11) is 1.47. The molecule has 0 spiro atoms. The molecule has 1 unspecified atom stereocenters. The van der Waals surface area contributed by atoms with Crippen molar-refractivity contribution in [1.82, 2.24) is 0 Å². The molecule has 1 aliphatic rings. The molecule has 1 amide bonds. The Hall–Kier alpha value is -3.89. The number of rotatable bonds is 4. The summed E-state index contributed by atoms with van der Waals surface area (Å²) in [6, 6.07) is 18.1. The lowest BCUT2D eigenvalue weighted by atomic mass is 9.99. The van der Waals surface area contributed by atoms with Crippen molar-refractivity contribution in [2.75, 3.05) is 12.0 Å². The summed E-state index contributed by atoms with van der Waals surface area (Å²) in [5.74, 6) is -1.42. The van der Waals surface area contributed by atoms with Crippen molar-refractivity contribution in [2.45, 2.75) is 6.04 Å². The van der Waals surface area contributed by atoms with Gasteiger partial charge in [0.25, 0.3) is 11.7 Å². The number of ether oxygens (including phenoxy) is 1. The minimum Gasteiger partial charge on any atom is -0.507 e. The largest absolute Gasteiger partial charge is 0.507 e. The lowest BCUT2D eigenvalue weighted by molar-refractivity contribution is -0.132. The highest BCUT2D eigenvalue weighted by molar-refractivity contribution is 7.10. The Balaban J connectivity index is 1.93. The van der Waals surface area contributed by atoms with Gasteiger partial charge in [-0.3, -0.25) is 14.5 Å². The van der Waals surface area contributed by atoms with Gasteiger partial charge in [0.15, 0.2) is 0 Å². The van der Waals surface area contributed by atoms with Crippen LogP contribution in [0.2, 0.25) is 0 Å². The maximum absolute atomic E-state index is 13.0. The summed E-state index contributed by atoms with van der Waals surface area (Å²) in [4.78, 5) is 28.1. The first kappa shape index (κ1) is 19.4. The Morgan fingerprint density at radius 1 is 1.10 bits per heavy atom. The van der Waals surface area contributed by atoms with E-state index in [9.17, 15) is 14.7 Å². The van der Waals surface area contributed by atoms with Gasteiger partial charge in [0.2, 0.25) is 0 Å². The number of nitriles is 1. The maximum Gasteiger partial charge on any atom is 0.300 e. The van der Waals surface area contributed by atoms with Crippen LogP contribution in [-0.2, 0) is 9.59 Å². The van der Waals surface area contributed by atoms with Gasteiger partial charge in [-0.2, -0.15) is 5.26 Å². The number of amides is 1. The second-order valence-electron chi connectivity index (χ2n) is 6.54. The molecule has 1 fully saturated rings. The summed E-state index contributed by atoms with van der Waals surface area (Å²) < 4.78 is 5.32. The molecule has 1 aromatic heterocycles. The fourth-order valence-corrected chi connectivity index (χ4v) is 4.32. The van der Waals surface area contributed by atoms with Crippen LogP contribution in [0.1, 0.15) is 22.0 Å². The summed E-state index contributed by atoms with van der Waals surface area (Å²) in [6.07, 6.45) is 0. The van der Waals surface area contributed by atoms with Crippen molar-refractivity contribution in [3.8, 4) is 11.8 Å². The molecular weight excluding hydrogens is 400 g/mol. The van der Waals surface area contributed by atoms with Crippen LogP contribution in [0, 0.1) is 11.3 Å². The number of aliphatic hydroxyl groups excluding tert-OH is 1. The molecule has 2 aromatic carbocycles. The van der Waals surface area contributed by atoms with Gasteiger partial charge in [0.05, 0.1) is 29.9 Å². The molecule has 1 atom stereocenters. The van der Waals surface area contributed by atoms with E-state index in [1.807, 2.05) is 23.6 Å². The van der Waals surface area contributed by atoms with E-state index >= 15 is 0 Å². The van der Waals surface area contributed by atoms with E-state index in [0.29, 0.717) is 22.6 Å². The second-order valence-corrected chi connectivity index (χ2v) is 7.52. The lowest BCUT2D eigenvalue weighted by Gasteiger charge is -2.24. The van der Waals surface area contributed by atoms with E-state index in [-0.39, 0.29) is 11.3 Å². The Labute approximate surface area is 176 Å². The average Bonchev–Trinajstić information content (AvgIpc) is 3.40.